The summed E-state index contributed by atoms with van der Waals surface area (Å²) in [6.45, 7) is 3.89. The number of ether oxygens (including phenoxy) is 1. The van der Waals surface area contributed by atoms with Crippen molar-refractivity contribution in [3.63, 3.8) is 0 Å². The number of carbonyl (C=O) groups is 1. The van der Waals surface area contributed by atoms with Crippen molar-refractivity contribution in [2.75, 3.05) is 6.61 Å². The molecule has 0 rings (SSSR count). The van der Waals surface area contributed by atoms with Crippen LogP contribution in [0.4, 0.5) is 0 Å². The maximum absolute atomic E-state index is 10.7. The van der Waals surface area contributed by atoms with Gasteiger partial charge in [-0.3, -0.25) is 4.79 Å². The van der Waals surface area contributed by atoms with Crippen molar-refractivity contribution in [2.45, 2.75) is 39.2 Å². The van der Waals surface area contributed by atoms with Gasteiger partial charge >= 0.3 is 5.97 Å². The van der Waals surface area contributed by atoms with Crippen LogP contribution in [0, 0.1) is 0 Å². The molecule has 0 aliphatic rings. The Labute approximate surface area is 67.4 Å². The lowest BCUT2D eigenvalue weighted by Gasteiger charge is -2.07. The summed E-state index contributed by atoms with van der Waals surface area (Å²) in [7, 11) is 0. The highest BCUT2D eigenvalue weighted by Crippen LogP contribution is 1.95. The van der Waals surface area contributed by atoms with Crippen LogP contribution in [0.15, 0.2) is 0 Å². The monoisotopic (exact) mass is 160 g/mol. The normalized spacial score (nSPS) is 12.6. The maximum Gasteiger partial charge on any atom is 0.305 e. The van der Waals surface area contributed by atoms with E-state index in [0.717, 1.165) is 6.42 Å². The molecule has 0 aromatic carbocycles. The zero-order valence-corrected chi connectivity index (χ0v) is 7.17. The molecule has 0 fully saturated rings. The van der Waals surface area contributed by atoms with Crippen LogP contribution < -0.4 is 0 Å². The second-order valence-corrected chi connectivity index (χ2v) is 2.50. The van der Waals surface area contributed by atoms with Gasteiger partial charge in [-0.2, -0.15) is 0 Å². The zero-order valence-electron chi connectivity index (χ0n) is 7.17. The largest absolute Gasteiger partial charge is 0.463 e. The van der Waals surface area contributed by atoms with Gasteiger partial charge < -0.3 is 9.84 Å². The predicted molar refractivity (Wildman–Crippen MR) is 42.2 cm³/mol. The summed E-state index contributed by atoms with van der Waals surface area (Å²) in [5, 5.41) is 9.00. The fourth-order valence-electron chi connectivity index (χ4n) is 0.583. The fourth-order valence-corrected chi connectivity index (χ4v) is 0.583. The lowest BCUT2D eigenvalue weighted by molar-refractivity contribution is -0.146. The van der Waals surface area contributed by atoms with Gasteiger partial charge in [0.25, 0.3) is 0 Å². The molecule has 0 aliphatic carbocycles. The van der Waals surface area contributed by atoms with Crippen molar-refractivity contribution in [3.8, 4) is 0 Å². The molecule has 3 heteroatoms. The van der Waals surface area contributed by atoms with Crippen molar-refractivity contribution in [3.05, 3.63) is 0 Å². The molecule has 3 nitrogen and oxygen atoms in total. The average molecular weight is 160 g/mol. The van der Waals surface area contributed by atoms with Crippen LogP contribution in [0.2, 0.25) is 0 Å². The molecule has 0 saturated carbocycles. The molecule has 0 aromatic heterocycles. The Bertz CT molecular complexity index is 112. The van der Waals surface area contributed by atoms with Gasteiger partial charge in [-0.25, -0.2) is 0 Å². The SMILES string of the molecule is CCCC(=O)OCC(O)CC. The van der Waals surface area contributed by atoms with Gasteiger partial charge in [-0.1, -0.05) is 13.8 Å². The van der Waals surface area contributed by atoms with Gasteiger partial charge in [0.2, 0.25) is 0 Å². The third-order valence-electron chi connectivity index (χ3n) is 1.36. The molecule has 0 aromatic rings. The molecule has 0 saturated heterocycles. The van der Waals surface area contributed by atoms with E-state index >= 15 is 0 Å². The number of carbonyl (C=O) groups excluding carboxylic acids is 1. The van der Waals surface area contributed by atoms with Crippen LogP contribution >= 0.6 is 0 Å². The number of esters is 1. The molecule has 1 N–H and O–H groups in total. The maximum atomic E-state index is 10.7. The Morgan fingerprint density at radius 3 is 2.64 bits per heavy atom. The van der Waals surface area contributed by atoms with E-state index in [0.29, 0.717) is 12.8 Å². The van der Waals surface area contributed by atoms with Gasteiger partial charge in [-0.05, 0) is 12.8 Å². The van der Waals surface area contributed by atoms with Gasteiger partial charge in [0.05, 0.1) is 6.10 Å². The first-order chi connectivity index (χ1) is 5.20. The molecule has 1 atom stereocenters. The first-order valence-electron chi connectivity index (χ1n) is 4.04. The highest BCUT2D eigenvalue weighted by Gasteiger charge is 2.04. The van der Waals surface area contributed by atoms with Crippen molar-refractivity contribution in [2.24, 2.45) is 0 Å². The van der Waals surface area contributed by atoms with Crippen LogP contribution in [-0.2, 0) is 9.53 Å². The van der Waals surface area contributed by atoms with E-state index in [2.05, 4.69) is 0 Å². The topological polar surface area (TPSA) is 46.5 Å². The van der Waals surface area contributed by atoms with Crippen LogP contribution in [0.3, 0.4) is 0 Å². The average Bonchev–Trinajstić information content (AvgIpc) is 2.01. The van der Waals surface area contributed by atoms with Gasteiger partial charge in [0.15, 0.2) is 0 Å². The second-order valence-electron chi connectivity index (χ2n) is 2.50. The van der Waals surface area contributed by atoms with E-state index in [1.165, 1.54) is 0 Å². The minimum absolute atomic E-state index is 0.134. The van der Waals surface area contributed by atoms with Crippen molar-refractivity contribution >= 4 is 5.97 Å². The van der Waals surface area contributed by atoms with Gasteiger partial charge in [0.1, 0.15) is 6.61 Å². The van der Waals surface area contributed by atoms with Crippen molar-refractivity contribution in [1.82, 2.24) is 0 Å². The summed E-state index contributed by atoms with van der Waals surface area (Å²) in [6, 6.07) is 0. The Morgan fingerprint density at radius 2 is 2.18 bits per heavy atom. The third-order valence-corrected chi connectivity index (χ3v) is 1.36. The first kappa shape index (κ1) is 10.4. The summed E-state index contributed by atoms with van der Waals surface area (Å²) >= 11 is 0. The summed E-state index contributed by atoms with van der Waals surface area (Å²) in [6.07, 6.45) is 1.35. The Kier molecular flexibility index (Phi) is 5.84. The molecule has 0 aliphatic heterocycles. The highest BCUT2D eigenvalue weighted by atomic mass is 16.5. The number of aliphatic hydroxyl groups excluding tert-OH is 1. The number of hydrogen-bond donors (Lipinski definition) is 1. The molecule has 0 spiro atoms. The number of hydrogen-bond acceptors (Lipinski definition) is 3. The quantitative estimate of drug-likeness (QED) is 0.612. The molecular formula is C8H16O3. The van der Waals surface area contributed by atoms with E-state index in [9.17, 15) is 4.79 Å². The van der Waals surface area contributed by atoms with Crippen LogP contribution in [-0.4, -0.2) is 23.8 Å². The third kappa shape index (κ3) is 5.85. The first-order valence-corrected chi connectivity index (χ1v) is 4.04. The minimum atomic E-state index is -0.504. The minimum Gasteiger partial charge on any atom is -0.463 e. The standard InChI is InChI=1S/C8H16O3/c1-3-5-8(10)11-6-7(9)4-2/h7,9H,3-6H2,1-2H3. The van der Waals surface area contributed by atoms with E-state index in [-0.39, 0.29) is 12.6 Å². The van der Waals surface area contributed by atoms with E-state index < -0.39 is 6.10 Å². The lowest BCUT2D eigenvalue weighted by atomic mass is 10.3. The fraction of sp³-hybridized carbons (Fsp3) is 0.875. The Morgan fingerprint density at radius 1 is 1.55 bits per heavy atom. The molecule has 0 heterocycles. The summed E-state index contributed by atoms with van der Waals surface area (Å²) < 4.78 is 4.75. The summed E-state index contributed by atoms with van der Waals surface area (Å²) in [4.78, 5) is 10.7. The van der Waals surface area contributed by atoms with E-state index in [4.69, 9.17) is 9.84 Å². The Balaban J connectivity index is 3.30. The molecular weight excluding hydrogens is 144 g/mol. The lowest BCUT2D eigenvalue weighted by Crippen LogP contribution is -2.17. The molecule has 0 radical (unpaired) electrons. The molecule has 0 amide bonds. The highest BCUT2D eigenvalue weighted by molar-refractivity contribution is 5.69. The van der Waals surface area contributed by atoms with Crippen LogP contribution in [0.1, 0.15) is 33.1 Å². The summed E-state index contributed by atoms with van der Waals surface area (Å²) in [5.74, 6) is -0.222. The zero-order chi connectivity index (χ0) is 8.69. The molecule has 0 bridgehead atoms. The molecule has 66 valence electrons. The smallest absolute Gasteiger partial charge is 0.305 e. The molecule has 11 heavy (non-hydrogen) atoms. The van der Waals surface area contributed by atoms with Gasteiger partial charge in [-0.15, -0.1) is 0 Å². The second kappa shape index (κ2) is 6.16. The molecule has 1 unspecified atom stereocenters. The van der Waals surface area contributed by atoms with Crippen molar-refractivity contribution in [1.29, 1.82) is 0 Å². The van der Waals surface area contributed by atoms with Crippen molar-refractivity contribution < 1.29 is 14.6 Å². The van der Waals surface area contributed by atoms with Crippen LogP contribution in [0.5, 0.6) is 0 Å². The number of aliphatic hydroxyl groups is 1. The van der Waals surface area contributed by atoms with Crippen LogP contribution in [0.25, 0.3) is 0 Å². The number of rotatable bonds is 5. The predicted octanol–water partition coefficient (Wildman–Crippen LogP) is 1.10. The van der Waals surface area contributed by atoms with E-state index in [1.54, 1.807) is 0 Å². The summed E-state index contributed by atoms with van der Waals surface area (Å²) in [5.41, 5.74) is 0. The Hall–Kier alpha value is -0.570. The van der Waals surface area contributed by atoms with E-state index in [1.807, 2.05) is 13.8 Å². The van der Waals surface area contributed by atoms with Gasteiger partial charge in [0, 0.05) is 6.42 Å².